The highest BCUT2D eigenvalue weighted by molar-refractivity contribution is 7.89. The first-order valence-electron chi connectivity index (χ1n) is 8.95. The van der Waals surface area contributed by atoms with E-state index < -0.39 is 10.0 Å². The molecule has 2 aromatic rings. The van der Waals surface area contributed by atoms with E-state index in [4.69, 9.17) is 0 Å². The van der Waals surface area contributed by atoms with E-state index in [1.807, 2.05) is 19.1 Å². The van der Waals surface area contributed by atoms with E-state index in [2.05, 4.69) is 29.2 Å². The van der Waals surface area contributed by atoms with Gasteiger partial charge in [-0.15, -0.1) is 0 Å². The molecule has 1 fully saturated rings. The van der Waals surface area contributed by atoms with Crippen LogP contribution in [0.3, 0.4) is 0 Å². The largest absolute Gasteiger partial charge is 0.294 e. The summed E-state index contributed by atoms with van der Waals surface area (Å²) in [6, 6.07) is 16.3. The Balaban J connectivity index is 1.48. The highest BCUT2D eigenvalue weighted by atomic mass is 32.2. The summed E-state index contributed by atoms with van der Waals surface area (Å²) in [6.45, 7) is 4.58. The number of aryl methyl sites for hydroxylation is 2. The Morgan fingerprint density at radius 2 is 1.60 bits per heavy atom. The first-order chi connectivity index (χ1) is 12.1. The van der Waals surface area contributed by atoms with E-state index in [-0.39, 0.29) is 0 Å². The molecule has 5 heteroatoms. The molecule has 0 spiro atoms. The van der Waals surface area contributed by atoms with Crippen LogP contribution in [0.25, 0.3) is 0 Å². The van der Waals surface area contributed by atoms with Gasteiger partial charge in [0, 0.05) is 32.2 Å². The standard InChI is InChI=1S/C20H24N2O2S/c1-16-6-2-5-9-20(16)25(23,24)22-14-12-21(13-15-22)19-11-10-17-7-3-4-8-18(17)19/h2-9,19H,10-15H2,1H3. The van der Waals surface area contributed by atoms with Gasteiger partial charge in [0.2, 0.25) is 10.0 Å². The van der Waals surface area contributed by atoms with E-state index in [1.54, 1.807) is 16.4 Å². The molecule has 1 saturated heterocycles. The van der Waals surface area contributed by atoms with Gasteiger partial charge < -0.3 is 0 Å². The highest BCUT2D eigenvalue weighted by Gasteiger charge is 2.34. The molecule has 2 aliphatic rings. The molecule has 132 valence electrons. The van der Waals surface area contributed by atoms with Crippen molar-refractivity contribution in [3.8, 4) is 0 Å². The van der Waals surface area contributed by atoms with Crippen molar-refractivity contribution in [1.82, 2.24) is 9.21 Å². The molecule has 0 radical (unpaired) electrons. The van der Waals surface area contributed by atoms with Gasteiger partial charge in [0.05, 0.1) is 4.90 Å². The third-order valence-electron chi connectivity index (χ3n) is 5.53. The third-order valence-corrected chi connectivity index (χ3v) is 7.59. The molecule has 0 N–H and O–H groups in total. The van der Waals surface area contributed by atoms with Crippen LogP contribution in [0.1, 0.15) is 29.2 Å². The first-order valence-corrected chi connectivity index (χ1v) is 10.4. The Kier molecular flexibility index (Phi) is 4.40. The van der Waals surface area contributed by atoms with Crippen LogP contribution in [0.5, 0.6) is 0 Å². The van der Waals surface area contributed by atoms with E-state index in [0.717, 1.165) is 31.5 Å². The van der Waals surface area contributed by atoms with E-state index in [1.165, 1.54) is 11.1 Å². The van der Waals surface area contributed by atoms with Crippen LogP contribution in [0.15, 0.2) is 53.4 Å². The molecule has 0 bridgehead atoms. The Bertz CT molecular complexity index is 871. The van der Waals surface area contributed by atoms with Gasteiger partial charge in [0.15, 0.2) is 0 Å². The molecule has 0 amide bonds. The summed E-state index contributed by atoms with van der Waals surface area (Å²) in [5.74, 6) is 0. The second kappa shape index (κ2) is 6.56. The van der Waals surface area contributed by atoms with Crippen molar-refractivity contribution in [1.29, 1.82) is 0 Å². The first kappa shape index (κ1) is 16.8. The van der Waals surface area contributed by atoms with Gasteiger partial charge in [-0.3, -0.25) is 4.90 Å². The van der Waals surface area contributed by atoms with Gasteiger partial charge in [-0.05, 0) is 42.5 Å². The lowest BCUT2D eigenvalue weighted by molar-refractivity contribution is 0.137. The Morgan fingerprint density at radius 3 is 2.36 bits per heavy atom. The fraction of sp³-hybridized carbons (Fsp3) is 0.400. The van der Waals surface area contributed by atoms with Crippen LogP contribution in [0.2, 0.25) is 0 Å². The molecular formula is C20H24N2O2S. The smallest absolute Gasteiger partial charge is 0.243 e. The van der Waals surface area contributed by atoms with Crippen molar-refractivity contribution in [3.63, 3.8) is 0 Å². The minimum absolute atomic E-state index is 0.440. The monoisotopic (exact) mass is 356 g/mol. The summed E-state index contributed by atoms with van der Waals surface area (Å²) in [7, 11) is -3.39. The third kappa shape index (κ3) is 3.01. The summed E-state index contributed by atoms with van der Waals surface area (Å²) in [4.78, 5) is 2.89. The Morgan fingerprint density at radius 1 is 0.920 bits per heavy atom. The maximum absolute atomic E-state index is 12.9. The quantitative estimate of drug-likeness (QED) is 0.849. The normalized spacial score (nSPS) is 22.0. The van der Waals surface area contributed by atoms with E-state index in [0.29, 0.717) is 24.0 Å². The van der Waals surface area contributed by atoms with Crippen molar-refractivity contribution < 1.29 is 8.42 Å². The van der Waals surface area contributed by atoms with Crippen LogP contribution in [0, 0.1) is 6.92 Å². The molecule has 2 aromatic carbocycles. The lowest BCUT2D eigenvalue weighted by Gasteiger charge is -2.37. The van der Waals surface area contributed by atoms with E-state index in [9.17, 15) is 8.42 Å². The van der Waals surface area contributed by atoms with Crippen molar-refractivity contribution in [2.24, 2.45) is 0 Å². The zero-order valence-electron chi connectivity index (χ0n) is 14.6. The molecule has 1 atom stereocenters. The van der Waals surface area contributed by atoms with Crippen LogP contribution in [-0.4, -0.2) is 43.8 Å². The molecule has 0 saturated carbocycles. The number of piperazine rings is 1. The van der Waals surface area contributed by atoms with Gasteiger partial charge in [-0.25, -0.2) is 8.42 Å². The molecule has 25 heavy (non-hydrogen) atoms. The molecule has 1 aliphatic carbocycles. The van der Waals surface area contributed by atoms with Gasteiger partial charge >= 0.3 is 0 Å². The second-order valence-corrected chi connectivity index (χ2v) is 8.87. The molecule has 4 nitrogen and oxygen atoms in total. The number of hydrogen-bond acceptors (Lipinski definition) is 3. The molecule has 1 unspecified atom stereocenters. The SMILES string of the molecule is Cc1ccccc1S(=O)(=O)N1CCN(C2CCc3ccccc32)CC1. The van der Waals surface area contributed by atoms with Crippen LogP contribution in [-0.2, 0) is 16.4 Å². The van der Waals surface area contributed by atoms with Gasteiger partial charge in [-0.2, -0.15) is 4.31 Å². The fourth-order valence-corrected chi connectivity index (χ4v) is 5.80. The van der Waals surface area contributed by atoms with Crippen LogP contribution in [0.4, 0.5) is 0 Å². The molecule has 0 aromatic heterocycles. The predicted octanol–water partition coefficient (Wildman–Crippen LogP) is 2.99. The number of rotatable bonds is 3. The lowest BCUT2D eigenvalue weighted by atomic mass is 10.1. The van der Waals surface area contributed by atoms with Crippen molar-refractivity contribution in [2.45, 2.75) is 30.7 Å². The van der Waals surface area contributed by atoms with Gasteiger partial charge in [0.25, 0.3) is 0 Å². The molecule has 1 aliphatic heterocycles. The van der Waals surface area contributed by atoms with Crippen molar-refractivity contribution in [2.75, 3.05) is 26.2 Å². The Labute approximate surface area is 150 Å². The molecule has 1 heterocycles. The minimum Gasteiger partial charge on any atom is -0.294 e. The summed E-state index contributed by atoms with van der Waals surface area (Å²) < 4.78 is 27.5. The average molecular weight is 356 g/mol. The number of nitrogens with zero attached hydrogens (tertiary/aromatic N) is 2. The topological polar surface area (TPSA) is 40.6 Å². The zero-order chi connectivity index (χ0) is 17.4. The summed E-state index contributed by atoms with van der Waals surface area (Å²) >= 11 is 0. The maximum atomic E-state index is 12.9. The summed E-state index contributed by atoms with van der Waals surface area (Å²) in [5.41, 5.74) is 3.69. The zero-order valence-corrected chi connectivity index (χ0v) is 15.4. The van der Waals surface area contributed by atoms with Gasteiger partial charge in [-0.1, -0.05) is 42.5 Å². The Hall–Kier alpha value is -1.69. The van der Waals surface area contributed by atoms with Gasteiger partial charge in [0.1, 0.15) is 0 Å². The summed E-state index contributed by atoms with van der Waals surface area (Å²) in [6.07, 6.45) is 2.27. The highest BCUT2D eigenvalue weighted by Crippen LogP contribution is 2.36. The maximum Gasteiger partial charge on any atom is 0.243 e. The molecule has 4 rings (SSSR count). The minimum atomic E-state index is -3.39. The second-order valence-electron chi connectivity index (χ2n) is 6.96. The summed E-state index contributed by atoms with van der Waals surface area (Å²) in [5, 5.41) is 0. The van der Waals surface area contributed by atoms with Crippen LogP contribution >= 0.6 is 0 Å². The molecular weight excluding hydrogens is 332 g/mol. The average Bonchev–Trinajstić information content (AvgIpc) is 3.06. The lowest BCUT2D eigenvalue weighted by Crippen LogP contribution is -2.49. The number of benzene rings is 2. The number of sulfonamides is 1. The predicted molar refractivity (Wildman–Crippen MR) is 99.0 cm³/mol. The van der Waals surface area contributed by atoms with E-state index >= 15 is 0 Å². The number of fused-ring (bicyclic) bond motifs is 1. The fourth-order valence-electron chi connectivity index (χ4n) is 4.15. The van der Waals surface area contributed by atoms with Crippen LogP contribution < -0.4 is 0 Å². The van der Waals surface area contributed by atoms with Crippen molar-refractivity contribution >= 4 is 10.0 Å². The van der Waals surface area contributed by atoms with Crippen molar-refractivity contribution in [3.05, 3.63) is 65.2 Å². The number of hydrogen-bond donors (Lipinski definition) is 0.